The van der Waals surface area contributed by atoms with Gasteiger partial charge in [-0.25, -0.2) is 4.39 Å². The second-order valence-electron chi connectivity index (χ2n) is 6.75. The van der Waals surface area contributed by atoms with Gasteiger partial charge in [0.25, 0.3) is 5.91 Å². The molecule has 1 saturated heterocycles. The van der Waals surface area contributed by atoms with Crippen molar-refractivity contribution < 1.29 is 14.0 Å². The number of benzene rings is 1. The van der Waals surface area contributed by atoms with Gasteiger partial charge in [0.2, 0.25) is 0 Å². The zero-order valence-electron chi connectivity index (χ0n) is 13.4. The van der Waals surface area contributed by atoms with E-state index in [2.05, 4.69) is 4.90 Å². The minimum atomic E-state index is -0.345. The first-order chi connectivity index (χ1) is 10.3. The monoisotopic (exact) mass is 306 g/mol. The third kappa shape index (κ3) is 4.13. The molecule has 1 aromatic carbocycles. The largest absolute Gasteiger partial charge is 0.336 e. The van der Waals surface area contributed by atoms with Crippen molar-refractivity contribution in [3.8, 4) is 0 Å². The fourth-order valence-corrected chi connectivity index (χ4v) is 2.32. The van der Waals surface area contributed by atoms with E-state index in [0.29, 0.717) is 38.3 Å². The number of piperazine rings is 1. The highest BCUT2D eigenvalue weighted by molar-refractivity contribution is 5.94. The molecule has 4 nitrogen and oxygen atoms in total. The van der Waals surface area contributed by atoms with Crippen LogP contribution in [0.5, 0.6) is 0 Å². The summed E-state index contributed by atoms with van der Waals surface area (Å²) in [5.74, 6) is -0.213. The van der Waals surface area contributed by atoms with Crippen molar-refractivity contribution >= 4 is 11.7 Å². The number of hydrogen-bond acceptors (Lipinski definition) is 3. The maximum absolute atomic E-state index is 12.9. The molecule has 0 bridgehead atoms. The lowest BCUT2D eigenvalue weighted by molar-refractivity contribution is -0.127. The fourth-order valence-electron chi connectivity index (χ4n) is 2.32. The highest BCUT2D eigenvalue weighted by atomic mass is 19.1. The summed E-state index contributed by atoms with van der Waals surface area (Å²) in [6.45, 7) is 8.75. The maximum Gasteiger partial charge on any atom is 0.253 e. The summed E-state index contributed by atoms with van der Waals surface area (Å²) in [7, 11) is 0. The molecular weight excluding hydrogens is 283 g/mol. The van der Waals surface area contributed by atoms with Crippen molar-refractivity contribution in [3.05, 3.63) is 35.6 Å². The van der Waals surface area contributed by atoms with Crippen LogP contribution in [0.25, 0.3) is 0 Å². The number of carbonyl (C=O) groups excluding carboxylic acids is 2. The predicted molar refractivity (Wildman–Crippen MR) is 83.2 cm³/mol. The molecule has 0 saturated carbocycles. The molecule has 5 heteroatoms. The molecule has 0 aromatic heterocycles. The van der Waals surface area contributed by atoms with Crippen LogP contribution in [0.1, 0.15) is 31.1 Å². The molecule has 1 heterocycles. The Hall–Kier alpha value is -1.75. The van der Waals surface area contributed by atoms with Crippen molar-refractivity contribution in [2.45, 2.75) is 20.8 Å². The van der Waals surface area contributed by atoms with Crippen LogP contribution >= 0.6 is 0 Å². The lowest BCUT2D eigenvalue weighted by Crippen LogP contribution is -2.50. The minimum Gasteiger partial charge on any atom is -0.336 e. The van der Waals surface area contributed by atoms with Gasteiger partial charge in [-0.15, -0.1) is 0 Å². The maximum atomic E-state index is 12.9. The first kappa shape index (κ1) is 16.6. The van der Waals surface area contributed by atoms with Crippen molar-refractivity contribution in [3.63, 3.8) is 0 Å². The Balaban J connectivity index is 1.88. The molecule has 0 spiro atoms. The number of rotatable bonds is 3. The van der Waals surface area contributed by atoms with Crippen LogP contribution in [0.2, 0.25) is 0 Å². The SMILES string of the molecule is CC(C)(C)C(=O)CN1CCN(C(=O)c2ccc(F)cc2)CC1. The number of hydrogen-bond donors (Lipinski definition) is 0. The van der Waals surface area contributed by atoms with E-state index < -0.39 is 0 Å². The number of halogens is 1. The van der Waals surface area contributed by atoms with Crippen LogP contribution in [0.4, 0.5) is 4.39 Å². The van der Waals surface area contributed by atoms with E-state index in [0.717, 1.165) is 0 Å². The molecule has 1 aliphatic rings. The normalized spacial score (nSPS) is 16.6. The Kier molecular flexibility index (Phi) is 4.96. The summed E-state index contributed by atoms with van der Waals surface area (Å²) in [6, 6.07) is 5.61. The lowest BCUT2D eigenvalue weighted by atomic mass is 9.90. The van der Waals surface area contributed by atoms with Crippen LogP contribution in [0, 0.1) is 11.2 Å². The molecule has 22 heavy (non-hydrogen) atoms. The van der Waals surface area contributed by atoms with Gasteiger partial charge in [-0.2, -0.15) is 0 Å². The summed E-state index contributed by atoms with van der Waals surface area (Å²) >= 11 is 0. The average Bonchev–Trinajstić information content (AvgIpc) is 2.47. The van der Waals surface area contributed by atoms with Gasteiger partial charge in [0, 0.05) is 37.2 Å². The summed E-state index contributed by atoms with van der Waals surface area (Å²) in [6.07, 6.45) is 0. The van der Waals surface area contributed by atoms with Gasteiger partial charge in [0.05, 0.1) is 6.54 Å². The predicted octanol–water partition coefficient (Wildman–Crippen LogP) is 2.20. The van der Waals surface area contributed by atoms with Crippen molar-refractivity contribution in [2.75, 3.05) is 32.7 Å². The van der Waals surface area contributed by atoms with E-state index in [1.807, 2.05) is 20.8 Å². The zero-order chi connectivity index (χ0) is 16.3. The molecule has 0 unspecified atom stereocenters. The highest BCUT2D eigenvalue weighted by Crippen LogP contribution is 2.16. The molecule has 0 radical (unpaired) electrons. The molecule has 1 aliphatic heterocycles. The lowest BCUT2D eigenvalue weighted by Gasteiger charge is -2.35. The molecular formula is C17H23FN2O2. The summed E-state index contributed by atoms with van der Waals surface area (Å²) in [4.78, 5) is 28.2. The van der Waals surface area contributed by atoms with Crippen molar-refractivity contribution in [2.24, 2.45) is 5.41 Å². The second-order valence-corrected chi connectivity index (χ2v) is 6.75. The molecule has 1 fully saturated rings. The van der Waals surface area contributed by atoms with Gasteiger partial charge < -0.3 is 4.90 Å². The topological polar surface area (TPSA) is 40.6 Å². The second kappa shape index (κ2) is 6.57. The van der Waals surface area contributed by atoms with Crippen LogP contribution in [0.15, 0.2) is 24.3 Å². The first-order valence-electron chi connectivity index (χ1n) is 7.58. The highest BCUT2D eigenvalue weighted by Gasteiger charge is 2.27. The Morgan fingerprint density at radius 3 is 2.09 bits per heavy atom. The molecule has 1 aromatic rings. The molecule has 2 rings (SSSR count). The van der Waals surface area contributed by atoms with Crippen molar-refractivity contribution in [1.82, 2.24) is 9.80 Å². The summed E-state index contributed by atoms with van der Waals surface area (Å²) in [5.41, 5.74) is 0.168. The number of Topliss-reactive ketones (excluding diaryl/α,β-unsaturated/α-hetero) is 1. The molecule has 1 amide bonds. The van der Waals surface area contributed by atoms with Gasteiger partial charge in [-0.3, -0.25) is 14.5 Å². The molecule has 0 atom stereocenters. The van der Waals surface area contributed by atoms with E-state index in [1.165, 1.54) is 24.3 Å². The van der Waals surface area contributed by atoms with Crippen molar-refractivity contribution in [1.29, 1.82) is 0 Å². The zero-order valence-corrected chi connectivity index (χ0v) is 13.4. The minimum absolute atomic E-state index is 0.0817. The summed E-state index contributed by atoms with van der Waals surface area (Å²) < 4.78 is 12.9. The summed E-state index contributed by atoms with van der Waals surface area (Å²) in [5, 5.41) is 0. The molecule has 0 N–H and O–H groups in total. The number of amides is 1. The van der Waals surface area contributed by atoms with E-state index in [-0.39, 0.29) is 22.9 Å². The van der Waals surface area contributed by atoms with E-state index in [9.17, 15) is 14.0 Å². The number of ketones is 1. The van der Waals surface area contributed by atoms with Crippen LogP contribution in [-0.4, -0.2) is 54.2 Å². The van der Waals surface area contributed by atoms with Gasteiger partial charge in [0.15, 0.2) is 5.78 Å². The number of nitrogens with zero attached hydrogens (tertiary/aromatic N) is 2. The Labute approximate surface area is 130 Å². The standard InChI is InChI=1S/C17H23FN2O2/c1-17(2,3)15(21)12-19-8-10-20(11-9-19)16(22)13-4-6-14(18)7-5-13/h4-7H,8-12H2,1-3H3. The van der Waals surface area contributed by atoms with Crippen LogP contribution in [-0.2, 0) is 4.79 Å². The van der Waals surface area contributed by atoms with Gasteiger partial charge in [0.1, 0.15) is 5.82 Å². The van der Waals surface area contributed by atoms with E-state index in [4.69, 9.17) is 0 Å². The van der Waals surface area contributed by atoms with Gasteiger partial charge in [-0.05, 0) is 24.3 Å². The van der Waals surface area contributed by atoms with Crippen LogP contribution < -0.4 is 0 Å². The van der Waals surface area contributed by atoms with Crippen LogP contribution in [0.3, 0.4) is 0 Å². The fraction of sp³-hybridized carbons (Fsp3) is 0.529. The quantitative estimate of drug-likeness (QED) is 0.859. The first-order valence-corrected chi connectivity index (χ1v) is 7.58. The Bertz CT molecular complexity index is 541. The molecule has 120 valence electrons. The number of carbonyl (C=O) groups is 2. The van der Waals surface area contributed by atoms with E-state index in [1.54, 1.807) is 4.90 Å². The Morgan fingerprint density at radius 2 is 1.59 bits per heavy atom. The van der Waals surface area contributed by atoms with E-state index >= 15 is 0 Å². The average molecular weight is 306 g/mol. The smallest absolute Gasteiger partial charge is 0.253 e. The Morgan fingerprint density at radius 1 is 1.05 bits per heavy atom. The van der Waals surface area contributed by atoms with Gasteiger partial charge in [-0.1, -0.05) is 20.8 Å². The van der Waals surface area contributed by atoms with Gasteiger partial charge >= 0.3 is 0 Å². The third-order valence-corrected chi connectivity index (χ3v) is 3.95. The third-order valence-electron chi connectivity index (χ3n) is 3.95. The molecule has 0 aliphatic carbocycles.